The number of phenols is 1. The van der Waals surface area contributed by atoms with Crippen LogP contribution in [0.2, 0.25) is 0 Å². The van der Waals surface area contributed by atoms with Gasteiger partial charge in [0.2, 0.25) is 0 Å². The Morgan fingerprint density at radius 2 is 1.60 bits per heavy atom. The highest BCUT2D eigenvalue weighted by Gasteiger charge is 2.16. The first-order chi connectivity index (χ1) is 14.7. The van der Waals surface area contributed by atoms with Crippen LogP contribution in [-0.4, -0.2) is 23.1 Å². The number of benzene rings is 3. The predicted molar refractivity (Wildman–Crippen MR) is 129 cm³/mol. The minimum atomic E-state index is 0.295. The van der Waals surface area contributed by atoms with Crippen LogP contribution in [0.4, 0.5) is 0 Å². The van der Waals surface area contributed by atoms with Crippen LogP contribution in [0.25, 0.3) is 0 Å². The van der Waals surface area contributed by atoms with Crippen LogP contribution < -0.4 is 5.30 Å². The van der Waals surface area contributed by atoms with E-state index in [0.29, 0.717) is 20.0 Å². The largest absolute Gasteiger partial charge is 0.508 e. The molecule has 1 aliphatic heterocycles. The zero-order chi connectivity index (χ0) is 20.8. The van der Waals surface area contributed by atoms with Gasteiger partial charge in [0.1, 0.15) is 5.75 Å². The van der Waals surface area contributed by atoms with E-state index in [1.807, 2.05) is 12.1 Å². The van der Waals surface area contributed by atoms with Crippen molar-refractivity contribution in [3.8, 4) is 5.75 Å². The summed E-state index contributed by atoms with van der Waals surface area (Å²) in [6, 6.07) is 25.5. The van der Waals surface area contributed by atoms with Crippen LogP contribution in [0.1, 0.15) is 54.1 Å². The number of rotatable bonds is 7. The van der Waals surface area contributed by atoms with Crippen LogP contribution >= 0.6 is 8.58 Å². The van der Waals surface area contributed by atoms with Crippen molar-refractivity contribution in [3.05, 3.63) is 95.1 Å². The Balaban J connectivity index is 1.50. The van der Waals surface area contributed by atoms with Gasteiger partial charge in [-0.05, 0) is 60.4 Å². The molecular formula is C27H32NOP. The number of hydrogen-bond acceptors (Lipinski definition) is 2. The van der Waals surface area contributed by atoms with Gasteiger partial charge >= 0.3 is 0 Å². The van der Waals surface area contributed by atoms with E-state index in [4.69, 9.17) is 0 Å². The lowest BCUT2D eigenvalue weighted by molar-refractivity contribution is 0.221. The summed E-state index contributed by atoms with van der Waals surface area (Å²) in [4.78, 5) is 2.59. The second-order valence-electron chi connectivity index (χ2n) is 8.42. The molecule has 0 aromatic heterocycles. The molecule has 3 aromatic rings. The third-order valence-corrected chi connectivity index (χ3v) is 7.58. The van der Waals surface area contributed by atoms with E-state index in [1.165, 1.54) is 54.3 Å². The maximum Gasteiger partial charge on any atom is 0.119 e. The third kappa shape index (κ3) is 5.50. The minimum absolute atomic E-state index is 0.295. The molecule has 0 amide bonds. The zero-order valence-electron chi connectivity index (χ0n) is 17.8. The van der Waals surface area contributed by atoms with E-state index < -0.39 is 0 Å². The highest BCUT2D eigenvalue weighted by atomic mass is 31.1. The fourth-order valence-electron chi connectivity index (χ4n) is 4.36. The lowest BCUT2D eigenvalue weighted by Crippen LogP contribution is -2.30. The van der Waals surface area contributed by atoms with Gasteiger partial charge in [-0.15, -0.1) is 0 Å². The Labute approximate surface area is 182 Å². The van der Waals surface area contributed by atoms with Gasteiger partial charge in [-0.2, -0.15) is 0 Å². The highest BCUT2D eigenvalue weighted by molar-refractivity contribution is 7.47. The Kier molecular flexibility index (Phi) is 7.20. The van der Waals surface area contributed by atoms with E-state index in [0.717, 1.165) is 18.5 Å². The zero-order valence-corrected chi connectivity index (χ0v) is 18.8. The maximum atomic E-state index is 10.6. The van der Waals surface area contributed by atoms with E-state index >= 15 is 0 Å². The van der Waals surface area contributed by atoms with Crippen molar-refractivity contribution in [1.82, 2.24) is 4.90 Å². The molecule has 3 heteroatoms. The van der Waals surface area contributed by atoms with E-state index in [-0.39, 0.29) is 0 Å². The molecule has 156 valence electrons. The predicted octanol–water partition coefficient (Wildman–Crippen LogP) is 6.03. The molecule has 2 unspecified atom stereocenters. The summed E-state index contributed by atoms with van der Waals surface area (Å²) in [7, 11) is 0.650. The molecule has 0 radical (unpaired) electrons. The van der Waals surface area contributed by atoms with Crippen molar-refractivity contribution in [1.29, 1.82) is 0 Å². The molecular weight excluding hydrogens is 385 g/mol. The normalized spacial score (nSPS) is 16.2. The monoisotopic (exact) mass is 417 g/mol. The molecule has 2 nitrogen and oxygen atoms in total. The Morgan fingerprint density at radius 3 is 2.40 bits per heavy atom. The Bertz CT molecular complexity index is 950. The first-order valence-corrected chi connectivity index (χ1v) is 12.2. The Morgan fingerprint density at radius 1 is 0.867 bits per heavy atom. The van der Waals surface area contributed by atoms with Crippen molar-refractivity contribution in [2.24, 2.45) is 0 Å². The average molecular weight is 418 g/mol. The molecule has 30 heavy (non-hydrogen) atoms. The van der Waals surface area contributed by atoms with E-state index in [2.05, 4.69) is 72.5 Å². The van der Waals surface area contributed by atoms with Gasteiger partial charge in [0.05, 0.1) is 0 Å². The second-order valence-corrected chi connectivity index (χ2v) is 10.1. The van der Waals surface area contributed by atoms with Gasteiger partial charge in [-0.3, -0.25) is 4.90 Å². The van der Waals surface area contributed by atoms with Crippen LogP contribution in [0, 0.1) is 0 Å². The molecule has 0 bridgehead atoms. The van der Waals surface area contributed by atoms with Crippen LogP contribution in [0.5, 0.6) is 5.75 Å². The quantitative estimate of drug-likeness (QED) is 0.474. The fraction of sp³-hybridized carbons (Fsp3) is 0.333. The molecule has 4 rings (SSSR count). The van der Waals surface area contributed by atoms with Crippen molar-refractivity contribution in [3.63, 3.8) is 0 Å². The fourth-order valence-corrected chi connectivity index (χ4v) is 5.75. The number of aromatic hydroxyl groups is 1. The second kappa shape index (κ2) is 10.2. The first-order valence-electron chi connectivity index (χ1n) is 11.1. The average Bonchev–Trinajstić information content (AvgIpc) is 2.78. The maximum absolute atomic E-state index is 10.6. The van der Waals surface area contributed by atoms with Gasteiger partial charge in [-0.25, -0.2) is 0 Å². The molecule has 0 spiro atoms. The number of likely N-dealkylation sites (tertiary alicyclic amines) is 1. The van der Waals surface area contributed by atoms with E-state index in [9.17, 15) is 5.11 Å². The number of hydrogen-bond donors (Lipinski definition) is 1. The first kappa shape index (κ1) is 21.1. The molecule has 1 heterocycles. The molecule has 1 aliphatic rings. The topological polar surface area (TPSA) is 23.5 Å². The summed E-state index contributed by atoms with van der Waals surface area (Å²) in [5.74, 6) is 0.417. The van der Waals surface area contributed by atoms with Crippen molar-refractivity contribution < 1.29 is 5.11 Å². The van der Waals surface area contributed by atoms with Crippen LogP contribution in [-0.2, 0) is 13.0 Å². The van der Waals surface area contributed by atoms with Crippen LogP contribution in [0.15, 0.2) is 72.8 Å². The van der Waals surface area contributed by atoms with Gasteiger partial charge in [-0.1, -0.05) is 88.7 Å². The summed E-state index contributed by atoms with van der Waals surface area (Å²) >= 11 is 0. The minimum Gasteiger partial charge on any atom is -0.508 e. The summed E-state index contributed by atoms with van der Waals surface area (Å²) in [6.07, 6.45) is 4.91. The molecule has 3 aromatic carbocycles. The van der Waals surface area contributed by atoms with Gasteiger partial charge in [0.15, 0.2) is 0 Å². The molecule has 0 saturated carbocycles. The molecule has 0 aliphatic carbocycles. The summed E-state index contributed by atoms with van der Waals surface area (Å²) in [5, 5.41) is 12.0. The van der Waals surface area contributed by atoms with Gasteiger partial charge < -0.3 is 5.11 Å². The third-order valence-electron chi connectivity index (χ3n) is 6.04. The number of piperidine rings is 1. The van der Waals surface area contributed by atoms with Gasteiger partial charge in [0.25, 0.3) is 0 Å². The number of nitrogens with zero attached hydrogens (tertiary/aromatic N) is 1. The number of phenolic OH excluding ortho intramolecular Hbond substituents is 1. The molecule has 2 atom stereocenters. The standard InChI is InChI=1S/C27H32NOP/c1-21(25-19-23(14-15-26(25)29)18-22-10-4-2-5-11-22)30-27-13-7-6-12-24(27)20-28-16-8-3-9-17-28/h2,4-7,10-15,19,21,29-30H,3,8-9,16-18,20H2,1H3. The summed E-state index contributed by atoms with van der Waals surface area (Å²) < 4.78 is 0. The summed E-state index contributed by atoms with van der Waals surface area (Å²) in [6.45, 7) is 5.73. The van der Waals surface area contributed by atoms with E-state index in [1.54, 1.807) is 0 Å². The smallest absolute Gasteiger partial charge is 0.119 e. The lowest BCUT2D eigenvalue weighted by atomic mass is 10.0. The van der Waals surface area contributed by atoms with Gasteiger partial charge in [0, 0.05) is 17.8 Å². The summed E-state index contributed by atoms with van der Waals surface area (Å²) in [5.41, 5.74) is 5.37. The highest BCUT2D eigenvalue weighted by Crippen LogP contribution is 2.39. The molecule has 1 N–H and O–H groups in total. The van der Waals surface area contributed by atoms with Crippen molar-refractivity contribution in [2.75, 3.05) is 13.1 Å². The molecule has 1 saturated heterocycles. The SMILES string of the molecule is CC(Pc1ccccc1CN1CCCCC1)c1cc(Cc2ccccc2)ccc1O. The van der Waals surface area contributed by atoms with Crippen molar-refractivity contribution in [2.45, 2.75) is 44.8 Å². The molecule has 1 fully saturated rings. The van der Waals surface area contributed by atoms with Crippen LogP contribution in [0.3, 0.4) is 0 Å². The Hall–Kier alpha value is -2.15. The lowest BCUT2D eigenvalue weighted by Gasteiger charge is -2.27. The van der Waals surface area contributed by atoms with Crippen molar-refractivity contribution >= 4 is 13.9 Å².